The highest BCUT2D eigenvalue weighted by Crippen LogP contribution is 2.27. The van der Waals surface area contributed by atoms with Gasteiger partial charge in [0.05, 0.1) is 5.76 Å². The van der Waals surface area contributed by atoms with Gasteiger partial charge in [-0.2, -0.15) is 0 Å². The number of likely N-dealkylation sites (tertiary alicyclic amines) is 2. The Bertz CT molecular complexity index is 936. The van der Waals surface area contributed by atoms with Crippen molar-refractivity contribution in [1.29, 1.82) is 0 Å². The monoisotopic (exact) mass is 583 g/mol. The summed E-state index contributed by atoms with van der Waals surface area (Å²) >= 11 is 0. The minimum atomic E-state index is 0.426. The molecule has 0 saturated carbocycles. The number of allylic oxidation sites excluding steroid dienone is 3. The lowest BCUT2D eigenvalue weighted by atomic mass is 9.93. The number of nitrogens with two attached hydrogens (primary N) is 2. The Labute approximate surface area is 260 Å². The fourth-order valence-corrected chi connectivity index (χ4v) is 5.02. The molecule has 2 aliphatic rings. The van der Waals surface area contributed by atoms with Gasteiger partial charge in [-0.1, -0.05) is 65.1 Å². The van der Waals surface area contributed by atoms with E-state index in [9.17, 15) is 0 Å². The lowest BCUT2D eigenvalue weighted by Crippen LogP contribution is -2.50. The van der Waals surface area contributed by atoms with Crippen LogP contribution in [0.4, 0.5) is 0 Å². The molecule has 0 aliphatic carbocycles. The number of hydrogen-bond donors (Lipinski definition) is 3. The van der Waals surface area contributed by atoms with Crippen LogP contribution in [0.25, 0.3) is 0 Å². The minimum Gasteiger partial charge on any atom is -0.513 e. The van der Waals surface area contributed by atoms with Gasteiger partial charge in [-0.25, -0.2) is 0 Å². The van der Waals surface area contributed by atoms with Crippen LogP contribution in [0.2, 0.25) is 0 Å². The van der Waals surface area contributed by atoms with Gasteiger partial charge in [0.15, 0.2) is 0 Å². The van der Waals surface area contributed by atoms with Crippen molar-refractivity contribution in [1.82, 2.24) is 9.80 Å². The Morgan fingerprint density at radius 1 is 0.952 bits per heavy atom. The van der Waals surface area contributed by atoms with E-state index in [0.717, 1.165) is 54.7 Å². The quantitative estimate of drug-likeness (QED) is 0.211. The summed E-state index contributed by atoms with van der Waals surface area (Å²) < 4.78 is 0. The Hall–Kier alpha value is -2.34. The molecule has 1 aromatic carbocycles. The van der Waals surface area contributed by atoms with Gasteiger partial charge in [-0.05, 0) is 139 Å². The molecule has 0 radical (unpaired) electrons. The first-order valence-electron chi connectivity index (χ1n) is 16.2. The summed E-state index contributed by atoms with van der Waals surface area (Å²) in [5.41, 5.74) is 17.9. The summed E-state index contributed by atoms with van der Waals surface area (Å²) in [4.78, 5) is 5.54. The SMILES string of the molecule is C=C(C)C(=C)C(=C)N.CC(C)=C(C)O.CCCN.CCc1ccc(CN2CCC(N3CCCCC3CC)CC2)c(C)c1. The van der Waals surface area contributed by atoms with Crippen LogP contribution in [-0.4, -0.2) is 53.2 Å². The van der Waals surface area contributed by atoms with Gasteiger partial charge in [-0.15, -0.1) is 0 Å². The molecule has 3 rings (SSSR count). The number of aliphatic hydroxyl groups is 1. The second kappa shape index (κ2) is 22.2. The molecule has 1 aromatic rings. The third kappa shape index (κ3) is 15.8. The first-order chi connectivity index (χ1) is 19.8. The van der Waals surface area contributed by atoms with Crippen LogP contribution in [-0.2, 0) is 13.0 Å². The second-order valence-electron chi connectivity index (χ2n) is 12.1. The molecule has 0 bridgehead atoms. The van der Waals surface area contributed by atoms with Gasteiger partial charge in [0.1, 0.15) is 0 Å². The number of hydrogen-bond acceptors (Lipinski definition) is 5. The number of aryl methyl sites for hydroxylation is 2. The van der Waals surface area contributed by atoms with Crippen LogP contribution in [0, 0.1) is 6.92 Å². The predicted octanol–water partition coefficient (Wildman–Crippen LogP) is 8.59. The van der Waals surface area contributed by atoms with Crippen LogP contribution >= 0.6 is 0 Å². The molecule has 42 heavy (non-hydrogen) atoms. The summed E-state index contributed by atoms with van der Waals surface area (Å²) in [5.74, 6) is 0.426. The molecule has 240 valence electrons. The van der Waals surface area contributed by atoms with E-state index >= 15 is 0 Å². The third-order valence-electron chi connectivity index (χ3n) is 8.29. The highest BCUT2D eigenvalue weighted by atomic mass is 16.3. The predicted molar refractivity (Wildman–Crippen MR) is 187 cm³/mol. The molecule has 0 aromatic heterocycles. The van der Waals surface area contributed by atoms with Crippen molar-refractivity contribution in [3.63, 3.8) is 0 Å². The van der Waals surface area contributed by atoms with Crippen LogP contribution in [0.5, 0.6) is 0 Å². The van der Waals surface area contributed by atoms with Crippen molar-refractivity contribution in [2.75, 3.05) is 26.2 Å². The largest absolute Gasteiger partial charge is 0.513 e. The van der Waals surface area contributed by atoms with Crippen LogP contribution in [0.3, 0.4) is 0 Å². The van der Waals surface area contributed by atoms with Crippen molar-refractivity contribution in [2.24, 2.45) is 11.5 Å². The van der Waals surface area contributed by atoms with Gasteiger partial charge in [0.25, 0.3) is 0 Å². The van der Waals surface area contributed by atoms with Crippen molar-refractivity contribution >= 4 is 0 Å². The molecule has 0 amide bonds. The van der Waals surface area contributed by atoms with E-state index in [4.69, 9.17) is 16.6 Å². The second-order valence-corrected chi connectivity index (χ2v) is 12.1. The number of piperidine rings is 2. The first kappa shape index (κ1) is 39.7. The fraction of sp³-hybridized carbons (Fsp3) is 0.622. The van der Waals surface area contributed by atoms with Gasteiger partial charge in [0, 0.05) is 24.3 Å². The third-order valence-corrected chi connectivity index (χ3v) is 8.29. The Kier molecular flexibility index (Phi) is 21.0. The zero-order valence-electron chi connectivity index (χ0n) is 28.7. The fourth-order valence-electron chi connectivity index (χ4n) is 5.02. The maximum atomic E-state index is 8.51. The highest BCUT2D eigenvalue weighted by Gasteiger charge is 2.30. The molecule has 0 spiro atoms. The summed E-state index contributed by atoms with van der Waals surface area (Å²) in [6, 6.07) is 8.75. The topological polar surface area (TPSA) is 78.7 Å². The maximum absolute atomic E-state index is 8.51. The van der Waals surface area contributed by atoms with E-state index in [1.807, 2.05) is 20.8 Å². The highest BCUT2D eigenvalue weighted by molar-refractivity contribution is 5.38. The van der Waals surface area contributed by atoms with Crippen molar-refractivity contribution in [2.45, 2.75) is 125 Å². The number of rotatable bonds is 8. The average Bonchev–Trinajstić information content (AvgIpc) is 2.98. The Morgan fingerprint density at radius 3 is 1.90 bits per heavy atom. The van der Waals surface area contributed by atoms with Crippen LogP contribution in [0.1, 0.15) is 110 Å². The normalized spacial score (nSPS) is 17.3. The molecule has 5 heteroatoms. The van der Waals surface area contributed by atoms with Crippen molar-refractivity contribution in [3.8, 4) is 0 Å². The molecular weight excluding hydrogens is 516 g/mol. The van der Waals surface area contributed by atoms with Crippen LogP contribution < -0.4 is 11.5 Å². The van der Waals surface area contributed by atoms with Gasteiger partial charge < -0.3 is 16.6 Å². The zero-order valence-corrected chi connectivity index (χ0v) is 28.7. The summed E-state index contributed by atoms with van der Waals surface area (Å²) in [6.45, 7) is 32.8. The molecule has 2 saturated heterocycles. The van der Waals surface area contributed by atoms with E-state index in [-0.39, 0.29) is 0 Å². The Morgan fingerprint density at radius 2 is 1.52 bits per heavy atom. The standard InChI is InChI=1S/C22H36N2.C7H11N.C5H10O.C3H9N/c1-4-19-9-10-20(18(3)16-19)17-23-14-11-22(12-15-23)24-13-7-6-8-21(24)5-2;1-5(2)6(3)7(4)8;1-4(2)5(3)6;1-2-3-4/h9-10,16,21-22H,4-8,11-15,17H2,1-3H3;1,3-4,8H2,2H3;6H,1-3H3;2-4H2,1H3. The van der Waals surface area contributed by atoms with E-state index in [1.165, 1.54) is 74.8 Å². The molecule has 5 N–H and O–H groups in total. The average molecular weight is 583 g/mol. The van der Waals surface area contributed by atoms with E-state index in [0.29, 0.717) is 11.5 Å². The first-order valence-corrected chi connectivity index (χ1v) is 16.2. The van der Waals surface area contributed by atoms with E-state index in [2.05, 4.69) is 75.4 Å². The summed E-state index contributed by atoms with van der Waals surface area (Å²) in [6.07, 6.45) is 10.6. The molecule has 2 fully saturated rings. The number of aliphatic hydroxyl groups excluding tert-OH is 1. The smallest absolute Gasteiger partial charge is 0.0878 e. The number of benzene rings is 1. The van der Waals surface area contributed by atoms with Crippen molar-refractivity contribution < 1.29 is 5.11 Å². The van der Waals surface area contributed by atoms with E-state index < -0.39 is 0 Å². The van der Waals surface area contributed by atoms with Crippen LogP contribution in [0.15, 0.2) is 66.1 Å². The molecule has 1 unspecified atom stereocenters. The minimum absolute atomic E-state index is 0.426. The molecule has 1 atom stereocenters. The molecule has 2 aliphatic heterocycles. The van der Waals surface area contributed by atoms with Gasteiger partial charge >= 0.3 is 0 Å². The summed E-state index contributed by atoms with van der Waals surface area (Å²) in [7, 11) is 0. The zero-order chi connectivity index (χ0) is 32.2. The molecular formula is C37H66N4O. The maximum Gasteiger partial charge on any atom is 0.0878 e. The lowest BCUT2D eigenvalue weighted by Gasteiger charge is -2.44. The number of nitrogens with zero attached hydrogens (tertiary/aromatic N) is 2. The van der Waals surface area contributed by atoms with E-state index in [1.54, 1.807) is 6.92 Å². The molecule has 2 heterocycles. The van der Waals surface area contributed by atoms with Gasteiger partial charge in [-0.3, -0.25) is 9.80 Å². The van der Waals surface area contributed by atoms with Gasteiger partial charge in [0.2, 0.25) is 0 Å². The lowest BCUT2D eigenvalue weighted by molar-refractivity contribution is 0.0469. The van der Waals surface area contributed by atoms with Crippen molar-refractivity contribution in [3.05, 3.63) is 82.8 Å². The summed E-state index contributed by atoms with van der Waals surface area (Å²) in [5, 5.41) is 8.51. The Balaban J connectivity index is 0.000000766. The molecule has 5 nitrogen and oxygen atoms in total.